The molecule has 0 radical (unpaired) electrons. The van der Waals surface area contributed by atoms with Crippen molar-refractivity contribution >= 4 is 29.5 Å². The van der Waals surface area contributed by atoms with Crippen molar-refractivity contribution in [2.45, 2.75) is 26.3 Å². The van der Waals surface area contributed by atoms with Crippen LogP contribution in [0.25, 0.3) is 5.82 Å². The van der Waals surface area contributed by atoms with E-state index >= 15 is 0 Å². The van der Waals surface area contributed by atoms with Gasteiger partial charge < -0.3 is 9.80 Å². The first kappa shape index (κ1) is 21.8. The Morgan fingerprint density at radius 3 is 2.65 bits per heavy atom. The first-order chi connectivity index (χ1) is 16.4. The number of nitriles is 1. The maximum atomic E-state index is 14.4. The minimum atomic E-state index is -0.676. The van der Waals surface area contributed by atoms with E-state index < -0.39 is 5.82 Å². The third-order valence-corrected chi connectivity index (χ3v) is 6.58. The molecule has 0 aliphatic carbocycles. The van der Waals surface area contributed by atoms with Gasteiger partial charge in [-0.2, -0.15) is 20.0 Å². The van der Waals surface area contributed by atoms with Crippen LogP contribution < -0.4 is 4.90 Å². The molecule has 174 valence electrons. The second-order valence-corrected chi connectivity index (χ2v) is 9.07. The predicted molar refractivity (Wildman–Crippen MR) is 120 cm³/mol. The van der Waals surface area contributed by atoms with Gasteiger partial charge in [-0.15, -0.1) is 16.4 Å². The summed E-state index contributed by atoms with van der Waals surface area (Å²) in [6, 6.07) is 1.48. The second-order valence-electron chi connectivity index (χ2n) is 7.81. The topological polar surface area (TPSA) is 132 Å². The number of anilines is 1. The first-order valence-electron chi connectivity index (χ1n) is 10.6. The molecule has 0 spiro atoms. The molecule has 0 N–H and O–H groups in total. The van der Waals surface area contributed by atoms with E-state index in [2.05, 4.69) is 30.1 Å². The molecule has 5 rings (SSSR count). The van der Waals surface area contributed by atoms with E-state index in [9.17, 15) is 9.18 Å². The molecule has 5 heterocycles. The second kappa shape index (κ2) is 8.75. The zero-order valence-electron chi connectivity index (χ0n) is 18.5. The van der Waals surface area contributed by atoms with E-state index in [1.54, 1.807) is 35.6 Å². The van der Waals surface area contributed by atoms with Gasteiger partial charge in [0.2, 0.25) is 5.95 Å². The molecule has 2 aliphatic heterocycles. The lowest BCUT2D eigenvalue weighted by Crippen LogP contribution is -2.52. The lowest BCUT2D eigenvalue weighted by molar-refractivity contribution is 0.139. The van der Waals surface area contributed by atoms with Gasteiger partial charge >= 0.3 is 6.03 Å². The number of aromatic nitrogens is 6. The Kier molecular flexibility index (Phi) is 5.62. The highest BCUT2D eigenvalue weighted by atomic mass is 32.1. The Morgan fingerprint density at radius 1 is 1.18 bits per heavy atom. The summed E-state index contributed by atoms with van der Waals surface area (Å²) in [5, 5.41) is 19.7. The average molecular weight is 482 g/mol. The highest BCUT2D eigenvalue weighted by Crippen LogP contribution is 2.32. The molecule has 0 saturated carbocycles. The zero-order chi connectivity index (χ0) is 23.8. The van der Waals surface area contributed by atoms with Crippen LogP contribution in [0.4, 0.5) is 15.1 Å². The summed E-state index contributed by atoms with van der Waals surface area (Å²) in [6.45, 7) is 5.40. The van der Waals surface area contributed by atoms with Crippen molar-refractivity contribution in [2.24, 2.45) is 5.10 Å². The molecule has 3 aromatic heterocycles. The average Bonchev–Trinajstić information content (AvgIpc) is 3.58. The molecule has 14 heteroatoms. The van der Waals surface area contributed by atoms with Gasteiger partial charge in [-0.05, 0) is 13.8 Å². The van der Waals surface area contributed by atoms with Crippen LogP contribution in [0.1, 0.15) is 34.0 Å². The van der Waals surface area contributed by atoms with E-state index in [1.807, 2.05) is 17.9 Å². The van der Waals surface area contributed by atoms with Gasteiger partial charge in [-0.25, -0.2) is 29.1 Å². The smallest absolute Gasteiger partial charge is 0.337 e. The molecule has 2 aliphatic rings. The van der Waals surface area contributed by atoms with Gasteiger partial charge in [0.1, 0.15) is 22.9 Å². The van der Waals surface area contributed by atoms with Crippen molar-refractivity contribution in [3.05, 3.63) is 39.7 Å². The van der Waals surface area contributed by atoms with Crippen LogP contribution in [-0.4, -0.2) is 78.0 Å². The Balaban J connectivity index is 1.28. The number of carbonyl (C=O) groups is 1. The third-order valence-electron chi connectivity index (χ3n) is 5.57. The number of halogens is 1. The number of hydrogen-bond donors (Lipinski definition) is 0. The number of urea groups is 1. The summed E-state index contributed by atoms with van der Waals surface area (Å²) < 4.78 is 15.6. The van der Waals surface area contributed by atoms with E-state index in [0.717, 1.165) is 16.1 Å². The number of hydrazone groups is 1. The standard InChI is InChI=1S/C20H20FN11OS/c1-12-10-23-18(34-12)15-3-4-25-32(15)20(33)30-7-5-29(6-8-30)19-24-11-14(21)17(27-19)31-13(2)26-16(9-22)28-31/h4,10-11,15H,3,5-8H2,1-2H3. The van der Waals surface area contributed by atoms with Gasteiger partial charge in [0.25, 0.3) is 5.82 Å². The van der Waals surface area contributed by atoms with Crippen LogP contribution >= 0.6 is 11.3 Å². The highest BCUT2D eigenvalue weighted by molar-refractivity contribution is 7.11. The Morgan fingerprint density at radius 2 is 1.97 bits per heavy atom. The summed E-state index contributed by atoms with van der Waals surface area (Å²) in [4.78, 5) is 34.7. The summed E-state index contributed by atoms with van der Waals surface area (Å²) in [5.74, 6) is -0.174. The Hall–Kier alpha value is -3.99. The van der Waals surface area contributed by atoms with Gasteiger partial charge in [0.05, 0.1) is 6.20 Å². The van der Waals surface area contributed by atoms with Gasteiger partial charge in [-0.3, -0.25) is 0 Å². The van der Waals surface area contributed by atoms with Crippen LogP contribution in [0.2, 0.25) is 0 Å². The predicted octanol–water partition coefficient (Wildman–Crippen LogP) is 1.82. The molecule has 3 aromatic rings. The summed E-state index contributed by atoms with van der Waals surface area (Å²) >= 11 is 1.57. The summed E-state index contributed by atoms with van der Waals surface area (Å²) in [5.41, 5.74) is 0. The van der Waals surface area contributed by atoms with Crippen molar-refractivity contribution in [1.29, 1.82) is 5.26 Å². The molecular formula is C20H20FN11OS. The van der Waals surface area contributed by atoms with Crippen LogP contribution in [0, 0.1) is 31.0 Å². The van der Waals surface area contributed by atoms with Crippen molar-refractivity contribution in [1.82, 2.24) is 39.6 Å². The summed E-state index contributed by atoms with van der Waals surface area (Å²) in [6.07, 6.45) is 5.26. The van der Waals surface area contributed by atoms with Crippen molar-refractivity contribution in [3.63, 3.8) is 0 Å². The first-order valence-corrected chi connectivity index (χ1v) is 11.4. The number of aryl methyl sites for hydroxylation is 2. The molecule has 1 atom stereocenters. The zero-order valence-corrected chi connectivity index (χ0v) is 19.3. The lowest BCUT2D eigenvalue weighted by atomic mass is 10.2. The number of amides is 2. The van der Waals surface area contributed by atoms with Crippen LogP contribution in [0.15, 0.2) is 17.5 Å². The van der Waals surface area contributed by atoms with Crippen LogP contribution in [0.5, 0.6) is 0 Å². The quantitative estimate of drug-likeness (QED) is 0.553. The molecule has 1 saturated heterocycles. The number of thiazole rings is 1. The third kappa shape index (κ3) is 3.94. The molecule has 1 unspecified atom stereocenters. The maximum absolute atomic E-state index is 14.4. The fraction of sp³-hybridized carbons (Fsp3) is 0.400. The number of carbonyl (C=O) groups excluding carboxylic acids is 1. The molecule has 2 amide bonds. The Labute approximate surface area is 198 Å². The van der Waals surface area contributed by atoms with Gasteiger partial charge in [0.15, 0.2) is 11.6 Å². The molecule has 0 bridgehead atoms. The van der Waals surface area contributed by atoms with E-state index in [-0.39, 0.29) is 23.7 Å². The normalized spacial score (nSPS) is 17.9. The highest BCUT2D eigenvalue weighted by Gasteiger charge is 2.35. The van der Waals surface area contributed by atoms with Crippen molar-refractivity contribution in [3.8, 4) is 11.9 Å². The lowest BCUT2D eigenvalue weighted by Gasteiger charge is -2.36. The minimum absolute atomic E-state index is 0.0695. The van der Waals surface area contributed by atoms with E-state index in [0.29, 0.717) is 44.4 Å². The molecule has 34 heavy (non-hydrogen) atoms. The van der Waals surface area contributed by atoms with Crippen LogP contribution in [-0.2, 0) is 0 Å². The fourth-order valence-electron chi connectivity index (χ4n) is 3.86. The molecule has 12 nitrogen and oxygen atoms in total. The number of piperazine rings is 1. The SMILES string of the molecule is Cc1cnc(C2CC=NN2C(=O)N2CCN(c3ncc(F)c(-n4nc(C#N)nc4C)n3)CC2)s1. The number of hydrogen-bond acceptors (Lipinski definition) is 10. The largest absolute Gasteiger partial charge is 0.341 e. The monoisotopic (exact) mass is 481 g/mol. The van der Waals surface area contributed by atoms with E-state index in [4.69, 9.17) is 5.26 Å². The van der Waals surface area contributed by atoms with Crippen molar-refractivity contribution < 1.29 is 9.18 Å². The Bertz CT molecular complexity index is 1300. The molecular weight excluding hydrogens is 461 g/mol. The fourth-order valence-corrected chi connectivity index (χ4v) is 4.73. The number of rotatable bonds is 3. The summed E-state index contributed by atoms with van der Waals surface area (Å²) in [7, 11) is 0. The minimum Gasteiger partial charge on any atom is -0.337 e. The van der Waals surface area contributed by atoms with Gasteiger partial charge in [-0.1, -0.05) is 0 Å². The van der Waals surface area contributed by atoms with Crippen LogP contribution in [0.3, 0.4) is 0 Å². The molecule has 0 aromatic carbocycles. The van der Waals surface area contributed by atoms with Gasteiger partial charge in [0, 0.05) is 49.9 Å². The van der Waals surface area contributed by atoms with Crippen molar-refractivity contribution in [2.75, 3.05) is 31.1 Å². The van der Waals surface area contributed by atoms with E-state index in [1.165, 1.54) is 9.69 Å². The number of nitrogens with zero attached hydrogens (tertiary/aromatic N) is 11. The molecule has 1 fully saturated rings. The maximum Gasteiger partial charge on any atom is 0.341 e.